The molecule has 0 aromatic heterocycles. The van der Waals surface area contributed by atoms with E-state index in [9.17, 15) is 19.8 Å². The van der Waals surface area contributed by atoms with Gasteiger partial charge in [-0.05, 0) is 61.5 Å². The third kappa shape index (κ3) is 10.6. The quantitative estimate of drug-likeness (QED) is 0.188. The zero-order valence-electron chi connectivity index (χ0n) is 26.2. The zero-order valence-corrected chi connectivity index (χ0v) is 27.1. The number of hydrogen-bond donors (Lipinski definition) is 4. The van der Waals surface area contributed by atoms with E-state index in [0.717, 1.165) is 44.9 Å². The molecule has 0 heterocycles. The fourth-order valence-electron chi connectivity index (χ4n) is 6.41. The molecule has 0 radical (unpaired) electrons. The first-order valence-corrected chi connectivity index (χ1v) is 17.1. The molecular weight excluding hydrogens is 544 g/mol. The molecule has 0 spiro atoms. The number of thioether (sulfide) groups is 1. The summed E-state index contributed by atoms with van der Waals surface area (Å²) in [6.45, 7) is 8.35. The zero-order chi connectivity index (χ0) is 30.7. The predicted molar refractivity (Wildman–Crippen MR) is 174 cm³/mol. The highest BCUT2D eigenvalue weighted by Crippen LogP contribution is 2.37. The number of hydrogen-bond acceptors (Lipinski definition) is 5. The van der Waals surface area contributed by atoms with Crippen LogP contribution >= 0.6 is 11.8 Å². The van der Waals surface area contributed by atoms with Crippen LogP contribution in [0.2, 0.25) is 0 Å². The van der Waals surface area contributed by atoms with E-state index in [0.29, 0.717) is 36.9 Å². The molecule has 234 valence electrons. The summed E-state index contributed by atoms with van der Waals surface area (Å²) in [7, 11) is 0. The van der Waals surface area contributed by atoms with E-state index in [1.807, 2.05) is 6.92 Å². The molecule has 0 saturated heterocycles. The Kier molecular flexibility index (Phi) is 13.7. The summed E-state index contributed by atoms with van der Waals surface area (Å²) in [5.41, 5.74) is 2.59. The summed E-state index contributed by atoms with van der Waals surface area (Å²) < 4.78 is 0.00918. The van der Waals surface area contributed by atoms with Gasteiger partial charge in [-0.2, -0.15) is 11.8 Å². The number of aliphatic hydroxyl groups is 2. The average molecular weight is 599 g/mol. The molecule has 42 heavy (non-hydrogen) atoms. The van der Waals surface area contributed by atoms with Crippen molar-refractivity contribution in [2.75, 3.05) is 5.75 Å². The Bertz CT molecular complexity index is 1030. The van der Waals surface area contributed by atoms with Crippen molar-refractivity contribution < 1.29 is 19.8 Å². The Labute approximate surface area is 258 Å². The Morgan fingerprint density at radius 1 is 1.07 bits per heavy atom. The van der Waals surface area contributed by atoms with Crippen molar-refractivity contribution in [3.8, 4) is 12.3 Å². The second kappa shape index (κ2) is 16.7. The standard InChI is InChI=1S/C35H54N2O4S/c1-6-14-31(38)32(39)30(21-24-15-9-8-10-16-24)37-34(41)29(7-2)36-33(40)27(23-42-35(3,4)5)22-26-19-13-18-25-17-11-12-20-28(25)26/h1,12-13,19-20,24-25,27,29-32,38-39H,7-11,14-18,21-23H2,2-5H3,(H,36,40)(H,37,41)/t25?,27?,29-,30-,31-,32+/m0/s1. The molecule has 1 fully saturated rings. The van der Waals surface area contributed by atoms with Crippen molar-refractivity contribution in [3.05, 3.63) is 35.5 Å². The molecule has 6 nitrogen and oxygen atoms in total. The molecular formula is C35H54N2O4S. The largest absolute Gasteiger partial charge is 0.389 e. The third-order valence-electron chi connectivity index (χ3n) is 8.90. The maximum Gasteiger partial charge on any atom is 0.242 e. The van der Waals surface area contributed by atoms with Gasteiger partial charge >= 0.3 is 0 Å². The van der Waals surface area contributed by atoms with Gasteiger partial charge in [-0.1, -0.05) is 84.1 Å². The van der Waals surface area contributed by atoms with Crippen LogP contribution in [0.15, 0.2) is 35.5 Å². The number of nitrogens with one attached hydrogen (secondary N) is 2. The number of amides is 2. The second-order valence-corrected chi connectivity index (χ2v) is 15.3. The summed E-state index contributed by atoms with van der Waals surface area (Å²) >= 11 is 1.77. The van der Waals surface area contributed by atoms with Gasteiger partial charge in [0.15, 0.2) is 0 Å². The highest BCUT2D eigenvalue weighted by atomic mass is 32.2. The lowest BCUT2D eigenvalue weighted by molar-refractivity contribution is -0.132. The molecule has 3 aliphatic carbocycles. The van der Waals surface area contributed by atoms with Gasteiger partial charge < -0.3 is 20.8 Å². The van der Waals surface area contributed by atoms with E-state index in [2.05, 4.69) is 61.6 Å². The molecule has 0 bridgehead atoms. The molecule has 0 aromatic rings. The van der Waals surface area contributed by atoms with Gasteiger partial charge in [0, 0.05) is 16.9 Å². The molecule has 6 atom stereocenters. The maximum atomic E-state index is 13.8. The lowest BCUT2D eigenvalue weighted by atomic mass is 9.78. The van der Waals surface area contributed by atoms with Gasteiger partial charge in [0.1, 0.15) is 12.1 Å². The first-order valence-electron chi connectivity index (χ1n) is 16.1. The number of carbonyl (C=O) groups excluding carboxylic acids is 2. The number of rotatable bonds is 14. The normalized spacial score (nSPS) is 22.8. The Balaban J connectivity index is 1.74. The summed E-state index contributed by atoms with van der Waals surface area (Å²) in [4.78, 5) is 27.4. The minimum Gasteiger partial charge on any atom is -0.389 e. The van der Waals surface area contributed by atoms with Crippen molar-refractivity contribution in [1.82, 2.24) is 10.6 Å². The lowest BCUT2D eigenvalue weighted by Crippen LogP contribution is -2.55. The van der Waals surface area contributed by atoms with Gasteiger partial charge in [-0.3, -0.25) is 9.59 Å². The molecule has 3 rings (SSSR count). The van der Waals surface area contributed by atoms with Crippen LogP contribution in [0.5, 0.6) is 0 Å². The van der Waals surface area contributed by atoms with Crippen LogP contribution in [0.1, 0.15) is 105 Å². The van der Waals surface area contributed by atoms with E-state index in [1.165, 1.54) is 17.6 Å². The van der Waals surface area contributed by atoms with E-state index in [-0.39, 0.29) is 28.9 Å². The molecule has 1 saturated carbocycles. The van der Waals surface area contributed by atoms with Crippen LogP contribution in [0.4, 0.5) is 0 Å². The van der Waals surface area contributed by atoms with Crippen molar-refractivity contribution in [2.45, 2.75) is 134 Å². The molecule has 0 aliphatic heterocycles. The SMILES string of the molecule is C#CC[C@H](O)[C@H](O)[C@H](CC1CCCCC1)NC(=O)[C@H](CC)NC(=O)C(CSC(C)(C)C)CC1=C2C=CCCC2CC=C1. The number of fused-ring (bicyclic) bond motifs is 1. The van der Waals surface area contributed by atoms with E-state index >= 15 is 0 Å². The van der Waals surface area contributed by atoms with Crippen molar-refractivity contribution in [3.63, 3.8) is 0 Å². The molecule has 2 unspecified atom stereocenters. The summed E-state index contributed by atoms with van der Waals surface area (Å²) in [5.74, 6) is 3.26. The number of allylic oxidation sites excluding steroid dienone is 6. The second-order valence-electron chi connectivity index (χ2n) is 13.4. The Morgan fingerprint density at radius 2 is 1.81 bits per heavy atom. The molecule has 2 amide bonds. The molecule has 3 aliphatic rings. The van der Waals surface area contributed by atoms with Gasteiger partial charge in [-0.25, -0.2) is 0 Å². The van der Waals surface area contributed by atoms with Gasteiger partial charge in [0.2, 0.25) is 11.8 Å². The van der Waals surface area contributed by atoms with E-state index in [1.54, 1.807) is 11.8 Å². The lowest BCUT2D eigenvalue weighted by Gasteiger charge is -2.33. The number of aliphatic hydroxyl groups excluding tert-OH is 2. The molecule has 4 N–H and O–H groups in total. The number of carbonyl (C=O) groups is 2. The highest BCUT2D eigenvalue weighted by Gasteiger charge is 2.34. The fraction of sp³-hybridized carbons (Fsp3) is 0.714. The summed E-state index contributed by atoms with van der Waals surface area (Å²) in [5, 5.41) is 27.5. The van der Waals surface area contributed by atoms with Crippen molar-refractivity contribution in [1.29, 1.82) is 0 Å². The van der Waals surface area contributed by atoms with Crippen LogP contribution in [-0.2, 0) is 9.59 Å². The van der Waals surface area contributed by atoms with Crippen LogP contribution in [-0.4, -0.2) is 56.8 Å². The van der Waals surface area contributed by atoms with Crippen LogP contribution in [0.25, 0.3) is 0 Å². The van der Waals surface area contributed by atoms with E-state index < -0.39 is 24.3 Å². The molecule has 7 heteroatoms. The predicted octanol–water partition coefficient (Wildman–Crippen LogP) is 5.84. The topological polar surface area (TPSA) is 98.7 Å². The molecule has 0 aromatic carbocycles. The highest BCUT2D eigenvalue weighted by molar-refractivity contribution is 8.00. The Morgan fingerprint density at radius 3 is 2.48 bits per heavy atom. The minimum atomic E-state index is -1.17. The average Bonchev–Trinajstić information content (AvgIpc) is 2.97. The van der Waals surface area contributed by atoms with Crippen LogP contribution < -0.4 is 10.6 Å². The summed E-state index contributed by atoms with van der Waals surface area (Å²) in [6.07, 6.45) is 22.6. The van der Waals surface area contributed by atoms with Crippen molar-refractivity contribution in [2.24, 2.45) is 17.8 Å². The van der Waals surface area contributed by atoms with Crippen LogP contribution in [0, 0.1) is 30.1 Å². The minimum absolute atomic E-state index is 0.00918. The van der Waals surface area contributed by atoms with Crippen molar-refractivity contribution >= 4 is 23.6 Å². The van der Waals surface area contributed by atoms with Gasteiger partial charge in [0.25, 0.3) is 0 Å². The first-order chi connectivity index (χ1) is 20.0. The maximum absolute atomic E-state index is 13.8. The Hall–Kier alpha value is -2.01. The van der Waals surface area contributed by atoms with Gasteiger partial charge in [-0.15, -0.1) is 12.3 Å². The van der Waals surface area contributed by atoms with Gasteiger partial charge in [0.05, 0.1) is 18.1 Å². The summed E-state index contributed by atoms with van der Waals surface area (Å²) in [6, 6.07) is -1.36. The monoisotopic (exact) mass is 598 g/mol. The van der Waals surface area contributed by atoms with Crippen LogP contribution in [0.3, 0.4) is 0 Å². The van der Waals surface area contributed by atoms with E-state index in [4.69, 9.17) is 6.42 Å². The third-order valence-corrected chi connectivity index (χ3v) is 10.3. The smallest absolute Gasteiger partial charge is 0.242 e. The first kappa shape index (κ1) is 34.5. The fourth-order valence-corrected chi connectivity index (χ4v) is 7.39. The number of terminal acetylenes is 1.